The molecule has 1 unspecified atom stereocenters. The zero-order valence-electron chi connectivity index (χ0n) is 7.58. The predicted molar refractivity (Wildman–Crippen MR) is 47.3 cm³/mol. The van der Waals surface area contributed by atoms with Gasteiger partial charge < -0.3 is 15.9 Å². The molecule has 1 rings (SSSR count). The van der Waals surface area contributed by atoms with Crippen molar-refractivity contribution < 1.29 is 23.8 Å². The quantitative estimate of drug-likeness (QED) is 0.694. The SMILES string of the molecule is NCC(O)c1cc(F)c(F)c(C(=O)O)c1. The molecule has 1 aromatic carbocycles. The third-order valence-corrected chi connectivity index (χ3v) is 1.89. The van der Waals surface area contributed by atoms with Crippen LogP contribution in [0.15, 0.2) is 12.1 Å². The van der Waals surface area contributed by atoms with Crippen molar-refractivity contribution in [2.45, 2.75) is 6.10 Å². The number of aromatic carboxylic acids is 1. The highest BCUT2D eigenvalue weighted by molar-refractivity contribution is 5.88. The highest BCUT2D eigenvalue weighted by Gasteiger charge is 2.18. The number of halogens is 2. The van der Waals surface area contributed by atoms with Gasteiger partial charge in [0.05, 0.1) is 11.7 Å². The Morgan fingerprint density at radius 3 is 2.53 bits per heavy atom. The van der Waals surface area contributed by atoms with Gasteiger partial charge in [-0.05, 0) is 17.7 Å². The zero-order chi connectivity index (χ0) is 11.6. The summed E-state index contributed by atoms with van der Waals surface area (Å²) < 4.78 is 25.8. The molecule has 4 N–H and O–H groups in total. The lowest BCUT2D eigenvalue weighted by Crippen LogP contribution is -2.14. The summed E-state index contributed by atoms with van der Waals surface area (Å²) >= 11 is 0. The van der Waals surface area contributed by atoms with Gasteiger partial charge in [0, 0.05) is 6.54 Å². The lowest BCUT2D eigenvalue weighted by molar-refractivity contribution is 0.0690. The summed E-state index contributed by atoms with van der Waals surface area (Å²) in [6.07, 6.45) is -1.21. The van der Waals surface area contributed by atoms with Crippen molar-refractivity contribution in [3.05, 3.63) is 34.9 Å². The number of aliphatic hydroxyl groups excluding tert-OH is 1. The fraction of sp³-hybridized carbons (Fsp3) is 0.222. The topological polar surface area (TPSA) is 83.5 Å². The Morgan fingerprint density at radius 2 is 2.07 bits per heavy atom. The second kappa shape index (κ2) is 4.33. The monoisotopic (exact) mass is 217 g/mol. The minimum absolute atomic E-state index is 0.0613. The Kier molecular flexibility index (Phi) is 3.33. The van der Waals surface area contributed by atoms with Gasteiger partial charge in [-0.15, -0.1) is 0 Å². The molecule has 0 aromatic heterocycles. The van der Waals surface area contributed by atoms with E-state index in [4.69, 9.17) is 10.8 Å². The summed E-state index contributed by atoms with van der Waals surface area (Å²) in [5.41, 5.74) is 4.22. The van der Waals surface area contributed by atoms with Crippen LogP contribution in [0, 0.1) is 11.6 Å². The first-order valence-electron chi connectivity index (χ1n) is 4.07. The molecule has 0 aliphatic carbocycles. The van der Waals surface area contributed by atoms with E-state index in [1.54, 1.807) is 0 Å². The van der Waals surface area contributed by atoms with Crippen LogP contribution in [0.2, 0.25) is 0 Å². The summed E-state index contributed by atoms with van der Waals surface area (Å²) in [4.78, 5) is 10.5. The second-order valence-corrected chi connectivity index (χ2v) is 2.92. The highest BCUT2D eigenvalue weighted by atomic mass is 19.2. The summed E-state index contributed by atoms with van der Waals surface area (Å²) in [5.74, 6) is -4.37. The molecular weight excluding hydrogens is 208 g/mol. The molecule has 0 fully saturated rings. The molecule has 1 aromatic rings. The third kappa shape index (κ3) is 2.28. The smallest absolute Gasteiger partial charge is 0.338 e. The molecule has 0 heterocycles. The van der Waals surface area contributed by atoms with E-state index in [1.165, 1.54) is 0 Å². The largest absolute Gasteiger partial charge is 0.478 e. The van der Waals surface area contributed by atoms with Gasteiger partial charge in [-0.2, -0.15) is 0 Å². The zero-order valence-corrected chi connectivity index (χ0v) is 7.58. The van der Waals surface area contributed by atoms with E-state index in [9.17, 15) is 18.7 Å². The fourth-order valence-corrected chi connectivity index (χ4v) is 1.09. The number of hydrogen-bond acceptors (Lipinski definition) is 3. The van der Waals surface area contributed by atoms with Crippen LogP contribution in [0.25, 0.3) is 0 Å². The molecule has 0 aliphatic rings. The van der Waals surface area contributed by atoms with Crippen molar-refractivity contribution in [2.24, 2.45) is 5.73 Å². The molecule has 0 saturated carbocycles. The fourth-order valence-electron chi connectivity index (χ4n) is 1.09. The van der Waals surface area contributed by atoms with Gasteiger partial charge >= 0.3 is 5.97 Å². The molecule has 4 nitrogen and oxygen atoms in total. The number of benzene rings is 1. The first kappa shape index (κ1) is 11.5. The van der Waals surface area contributed by atoms with Crippen LogP contribution in [-0.4, -0.2) is 22.7 Å². The van der Waals surface area contributed by atoms with E-state index in [0.717, 1.165) is 12.1 Å². The van der Waals surface area contributed by atoms with Crippen molar-refractivity contribution in [1.29, 1.82) is 0 Å². The normalized spacial score (nSPS) is 12.5. The number of carboxylic acids is 1. The van der Waals surface area contributed by atoms with Crippen molar-refractivity contribution in [2.75, 3.05) is 6.54 Å². The first-order chi connectivity index (χ1) is 6.97. The van der Waals surface area contributed by atoms with Crippen LogP contribution >= 0.6 is 0 Å². The molecular formula is C9H9F2NO3. The molecule has 0 amide bonds. The van der Waals surface area contributed by atoms with E-state index in [2.05, 4.69) is 0 Å². The van der Waals surface area contributed by atoms with E-state index in [0.29, 0.717) is 0 Å². The van der Waals surface area contributed by atoms with Gasteiger partial charge in [-0.25, -0.2) is 13.6 Å². The summed E-state index contributed by atoms with van der Waals surface area (Å²) in [6.45, 7) is -0.204. The molecule has 1 atom stereocenters. The van der Waals surface area contributed by atoms with Gasteiger partial charge in [-0.1, -0.05) is 0 Å². The molecule has 0 spiro atoms. The van der Waals surface area contributed by atoms with Crippen LogP contribution in [0.5, 0.6) is 0 Å². The standard InChI is InChI=1S/C9H9F2NO3/c10-6-2-4(7(13)3-12)1-5(8(6)11)9(14)15/h1-2,7,13H,3,12H2,(H,14,15). The van der Waals surface area contributed by atoms with Crippen LogP contribution in [0.4, 0.5) is 8.78 Å². The summed E-state index contributed by atoms with van der Waals surface area (Å²) in [6, 6.07) is 1.58. The lowest BCUT2D eigenvalue weighted by Gasteiger charge is -2.09. The maximum atomic E-state index is 12.9. The molecule has 0 bridgehead atoms. The van der Waals surface area contributed by atoms with E-state index in [-0.39, 0.29) is 12.1 Å². The minimum atomic E-state index is -1.60. The number of carboxylic acid groups (broad SMARTS) is 1. The van der Waals surface area contributed by atoms with E-state index in [1.807, 2.05) is 0 Å². The average molecular weight is 217 g/mol. The Balaban J connectivity index is 3.29. The van der Waals surface area contributed by atoms with Gasteiger partial charge in [0.2, 0.25) is 0 Å². The Morgan fingerprint density at radius 1 is 1.47 bits per heavy atom. The number of nitrogens with two attached hydrogens (primary N) is 1. The molecule has 0 aliphatic heterocycles. The second-order valence-electron chi connectivity index (χ2n) is 2.92. The van der Waals surface area contributed by atoms with Crippen molar-refractivity contribution in [3.8, 4) is 0 Å². The predicted octanol–water partition coefficient (Wildman–Crippen LogP) is 0.655. The van der Waals surface area contributed by atoms with Gasteiger partial charge in [0.15, 0.2) is 11.6 Å². The number of aliphatic hydroxyl groups is 1. The molecule has 6 heteroatoms. The van der Waals surface area contributed by atoms with Crippen LogP contribution < -0.4 is 5.73 Å². The number of hydrogen-bond donors (Lipinski definition) is 3. The van der Waals surface area contributed by atoms with Crippen LogP contribution in [0.1, 0.15) is 22.0 Å². The average Bonchev–Trinajstić information content (AvgIpc) is 2.20. The molecule has 0 saturated heterocycles. The van der Waals surface area contributed by atoms with Crippen molar-refractivity contribution >= 4 is 5.97 Å². The van der Waals surface area contributed by atoms with Crippen LogP contribution in [0.3, 0.4) is 0 Å². The minimum Gasteiger partial charge on any atom is -0.478 e. The maximum absolute atomic E-state index is 12.9. The van der Waals surface area contributed by atoms with Crippen LogP contribution in [-0.2, 0) is 0 Å². The van der Waals surface area contributed by atoms with Gasteiger partial charge in [-0.3, -0.25) is 0 Å². The molecule has 0 radical (unpaired) electrons. The molecule has 82 valence electrons. The number of rotatable bonds is 3. The molecule has 15 heavy (non-hydrogen) atoms. The maximum Gasteiger partial charge on any atom is 0.338 e. The van der Waals surface area contributed by atoms with E-state index >= 15 is 0 Å². The Bertz CT molecular complexity index is 395. The number of carbonyl (C=O) groups is 1. The lowest BCUT2D eigenvalue weighted by atomic mass is 10.1. The summed E-state index contributed by atoms with van der Waals surface area (Å²) in [5, 5.41) is 17.8. The van der Waals surface area contributed by atoms with Gasteiger partial charge in [0.1, 0.15) is 0 Å². The van der Waals surface area contributed by atoms with Crippen molar-refractivity contribution in [1.82, 2.24) is 0 Å². The Hall–Kier alpha value is -1.53. The first-order valence-corrected chi connectivity index (χ1v) is 4.07. The Labute approximate surface area is 83.9 Å². The van der Waals surface area contributed by atoms with Gasteiger partial charge in [0.25, 0.3) is 0 Å². The summed E-state index contributed by atoms with van der Waals surface area (Å²) in [7, 11) is 0. The highest BCUT2D eigenvalue weighted by Crippen LogP contribution is 2.19. The van der Waals surface area contributed by atoms with E-state index < -0.39 is 29.3 Å². The third-order valence-electron chi connectivity index (χ3n) is 1.89. The van der Waals surface area contributed by atoms with Crippen molar-refractivity contribution in [3.63, 3.8) is 0 Å².